The SMILES string of the molecule is CCOC1(C(C)(C)C)NCCN1c1c(C)cc(C)cc1C. The van der Waals surface area contributed by atoms with E-state index in [2.05, 4.69) is 70.8 Å². The first-order valence-electron chi connectivity index (χ1n) is 7.97. The second kappa shape index (κ2) is 5.62. The summed E-state index contributed by atoms with van der Waals surface area (Å²) in [6, 6.07) is 4.53. The van der Waals surface area contributed by atoms with E-state index in [9.17, 15) is 0 Å². The number of aryl methyl sites for hydroxylation is 3. The molecule has 1 N–H and O–H groups in total. The van der Waals surface area contributed by atoms with Crippen LogP contribution < -0.4 is 10.2 Å². The number of rotatable bonds is 3. The molecule has 1 aromatic carbocycles. The fourth-order valence-corrected chi connectivity index (χ4v) is 3.68. The van der Waals surface area contributed by atoms with Crippen LogP contribution in [0, 0.1) is 26.2 Å². The molecule has 0 spiro atoms. The minimum atomic E-state index is -0.438. The molecule has 0 aliphatic carbocycles. The highest BCUT2D eigenvalue weighted by Gasteiger charge is 2.51. The summed E-state index contributed by atoms with van der Waals surface area (Å²) in [5, 5.41) is 3.63. The first kappa shape index (κ1) is 16.3. The van der Waals surface area contributed by atoms with Gasteiger partial charge < -0.3 is 9.64 Å². The molecule has 0 saturated carbocycles. The van der Waals surface area contributed by atoms with Crippen LogP contribution in [0.25, 0.3) is 0 Å². The number of hydrogen-bond acceptors (Lipinski definition) is 3. The van der Waals surface area contributed by atoms with Gasteiger partial charge in [-0.05, 0) is 38.8 Å². The third-order valence-corrected chi connectivity index (χ3v) is 4.36. The lowest BCUT2D eigenvalue weighted by Gasteiger charge is -2.48. The second-order valence-electron chi connectivity index (χ2n) is 7.15. The Kier molecular flexibility index (Phi) is 4.36. The zero-order chi connectivity index (χ0) is 15.8. The average Bonchev–Trinajstić information content (AvgIpc) is 2.73. The lowest BCUT2D eigenvalue weighted by atomic mass is 9.87. The van der Waals surface area contributed by atoms with Crippen molar-refractivity contribution in [1.29, 1.82) is 0 Å². The number of hydrogen-bond donors (Lipinski definition) is 1. The van der Waals surface area contributed by atoms with Crippen molar-refractivity contribution in [3.05, 3.63) is 28.8 Å². The molecule has 3 heteroatoms. The molecule has 0 radical (unpaired) electrons. The molecule has 21 heavy (non-hydrogen) atoms. The van der Waals surface area contributed by atoms with Gasteiger partial charge in [0.25, 0.3) is 0 Å². The van der Waals surface area contributed by atoms with Crippen LogP contribution in [0.1, 0.15) is 44.4 Å². The molecule has 1 aromatic rings. The normalized spacial score (nSPS) is 22.9. The second-order valence-corrected chi connectivity index (χ2v) is 7.15. The van der Waals surface area contributed by atoms with Gasteiger partial charge in [-0.3, -0.25) is 5.32 Å². The van der Waals surface area contributed by atoms with Crippen molar-refractivity contribution in [2.45, 2.75) is 54.3 Å². The van der Waals surface area contributed by atoms with E-state index in [0.717, 1.165) is 13.1 Å². The lowest BCUT2D eigenvalue weighted by Crippen LogP contribution is -2.63. The molecular weight excluding hydrogens is 260 g/mol. The maximum atomic E-state index is 6.28. The van der Waals surface area contributed by atoms with E-state index in [1.54, 1.807) is 0 Å². The predicted molar refractivity (Wildman–Crippen MR) is 89.8 cm³/mol. The van der Waals surface area contributed by atoms with Crippen LogP contribution >= 0.6 is 0 Å². The molecule has 118 valence electrons. The van der Waals surface area contributed by atoms with E-state index >= 15 is 0 Å². The Hall–Kier alpha value is -1.06. The van der Waals surface area contributed by atoms with Crippen molar-refractivity contribution < 1.29 is 4.74 Å². The van der Waals surface area contributed by atoms with Gasteiger partial charge >= 0.3 is 0 Å². The van der Waals surface area contributed by atoms with Gasteiger partial charge in [-0.1, -0.05) is 38.5 Å². The molecule has 1 heterocycles. The summed E-state index contributed by atoms with van der Waals surface area (Å²) < 4.78 is 6.28. The van der Waals surface area contributed by atoms with E-state index < -0.39 is 5.85 Å². The van der Waals surface area contributed by atoms with E-state index in [1.807, 2.05) is 0 Å². The Balaban J connectivity index is 2.56. The molecular formula is C18H30N2O. The van der Waals surface area contributed by atoms with Crippen molar-refractivity contribution in [2.75, 3.05) is 24.6 Å². The van der Waals surface area contributed by atoms with Crippen LogP contribution in [0.2, 0.25) is 0 Å². The van der Waals surface area contributed by atoms with E-state index in [-0.39, 0.29) is 5.41 Å². The van der Waals surface area contributed by atoms with Gasteiger partial charge in [0.2, 0.25) is 5.85 Å². The van der Waals surface area contributed by atoms with Gasteiger partial charge in [0.1, 0.15) is 0 Å². The van der Waals surface area contributed by atoms with Gasteiger partial charge in [0.15, 0.2) is 0 Å². The quantitative estimate of drug-likeness (QED) is 0.917. The maximum absolute atomic E-state index is 6.28. The molecule has 0 bridgehead atoms. The fraction of sp³-hybridized carbons (Fsp3) is 0.667. The molecule has 1 saturated heterocycles. The first-order valence-corrected chi connectivity index (χ1v) is 7.97. The van der Waals surface area contributed by atoms with Crippen molar-refractivity contribution in [3.63, 3.8) is 0 Å². The van der Waals surface area contributed by atoms with Gasteiger partial charge in [-0.25, -0.2) is 0 Å². The number of nitrogens with zero attached hydrogens (tertiary/aromatic N) is 1. The van der Waals surface area contributed by atoms with Crippen LogP contribution in [-0.2, 0) is 4.74 Å². The number of benzene rings is 1. The predicted octanol–water partition coefficient (Wildman–Crippen LogP) is 3.76. The van der Waals surface area contributed by atoms with Gasteiger partial charge in [0, 0.05) is 30.8 Å². The monoisotopic (exact) mass is 290 g/mol. The van der Waals surface area contributed by atoms with E-state index in [1.165, 1.54) is 22.4 Å². The van der Waals surface area contributed by atoms with Crippen LogP contribution in [0.4, 0.5) is 5.69 Å². The smallest absolute Gasteiger partial charge is 0.203 e. The summed E-state index contributed by atoms with van der Waals surface area (Å²) in [4.78, 5) is 2.43. The summed E-state index contributed by atoms with van der Waals surface area (Å²) in [6.07, 6.45) is 0. The molecule has 1 aliphatic rings. The van der Waals surface area contributed by atoms with Crippen molar-refractivity contribution in [1.82, 2.24) is 5.32 Å². The minimum absolute atomic E-state index is 0.0245. The summed E-state index contributed by atoms with van der Waals surface area (Å²) >= 11 is 0. The van der Waals surface area contributed by atoms with Crippen molar-refractivity contribution in [3.8, 4) is 0 Å². The fourth-order valence-electron chi connectivity index (χ4n) is 3.68. The Morgan fingerprint density at radius 1 is 1.19 bits per heavy atom. The van der Waals surface area contributed by atoms with Crippen LogP contribution in [0.5, 0.6) is 0 Å². The Bertz CT molecular complexity index is 495. The maximum Gasteiger partial charge on any atom is 0.203 e. The number of anilines is 1. The highest BCUT2D eigenvalue weighted by atomic mass is 16.5. The molecule has 1 fully saturated rings. The van der Waals surface area contributed by atoms with Gasteiger partial charge in [-0.2, -0.15) is 0 Å². The van der Waals surface area contributed by atoms with Gasteiger partial charge in [0.05, 0.1) is 0 Å². The lowest BCUT2D eigenvalue weighted by molar-refractivity contribution is -0.121. The number of nitrogens with one attached hydrogen (secondary N) is 1. The van der Waals surface area contributed by atoms with E-state index in [0.29, 0.717) is 6.61 Å². The first-order chi connectivity index (χ1) is 9.73. The Labute approximate surface area is 129 Å². The molecule has 1 unspecified atom stereocenters. The molecule has 2 rings (SSSR count). The van der Waals surface area contributed by atoms with Gasteiger partial charge in [-0.15, -0.1) is 0 Å². The van der Waals surface area contributed by atoms with Crippen LogP contribution in [0.3, 0.4) is 0 Å². The minimum Gasteiger partial charge on any atom is -0.342 e. The highest BCUT2D eigenvalue weighted by molar-refractivity contribution is 5.62. The Morgan fingerprint density at radius 3 is 2.24 bits per heavy atom. The molecule has 1 aliphatic heterocycles. The zero-order valence-corrected chi connectivity index (χ0v) is 14.6. The summed E-state index contributed by atoms with van der Waals surface area (Å²) in [5.41, 5.74) is 5.25. The van der Waals surface area contributed by atoms with Crippen LogP contribution in [-0.4, -0.2) is 25.5 Å². The average molecular weight is 290 g/mol. The zero-order valence-electron chi connectivity index (χ0n) is 14.6. The van der Waals surface area contributed by atoms with Crippen molar-refractivity contribution >= 4 is 5.69 Å². The third kappa shape index (κ3) is 2.69. The largest absolute Gasteiger partial charge is 0.342 e. The molecule has 0 aromatic heterocycles. The molecule has 0 amide bonds. The summed E-state index contributed by atoms with van der Waals surface area (Å²) in [7, 11) is 0. The summed E-state index contributed by atoms with van der Waals surface area (Å²) in [6.45, 7) is 18.0. The topological polar surface area (TPSA) is 24.5 Å². The summed E-state index contributed by atoms with van der Waals surface area (Å²) in [5.74, 6) is -0.438. The third-order valence-electron chi connectivity index (χ3n) is 4.36. The number of ether oxygens (including phenoxy) is 1. The van der Waals surface area contributed by atoms with E-state index in [4.69, 9.17) is 4.74 Å². The standard InChI is InChI=1S/C18H30N2O/c1-8-21-18(17(5,6)7)19-9-10-20(18)16-14(3)11-13(2)12-15(16)4/h11-12,19H,8-10H2,1-7H3. The molecule has 3 nitrogen and oxygen atoms in total. The highest BCUT2D eigenvalue weighted by Crippen LogP contribution is 2.42. The Morgan fingerprint density at radius 2 is 1.76 bits per heavy atom. The van der Waals surface area contributed by atoms with Crippen LogP contribution in [0.15, 0.2) is 12.1 Å². The van der Waals surface area contributed by atoms with Crippen molar-refractivity contribution in [2.24, 2.45) is 5.41 Å². The molecule has 1 atom stereocenters.